The fourth-order valence-electron chi connectivity index (χ4n) is 1.50. The van der Waals surface area contributed by atoms with Crippen molar-refractivity contribution in [2.75, 3.05) is 20.1 Å². The van der Waals surface area contributed by atoms with Gasteiger partial charge in [-0.15, -0.1) is 0 Å². The predicted octanol–water partition coefficient (Wildman–Crippen LogP) is 0.463. The maximum absolute atomic E-state index is 11.5. The average molecular weight is 170 g/mol. The summed E-state index contributed by atoms with van der Waals surface area (Å²) in [6.45, 7) is 5.88. The number of hydrogen-bond donors (Lipinski definition) is 1. The molecule has 1 rings (SSSR count). The zero-order chi connectivity index (χ0) is 9.14. The molecule has 1 heterocycles. The van der Waals surface area contributed by atoms with E-state index in [1.807, 2.05) is 18.9 Å². The van der Waals surface area contributed by atoms with Crippen LogP contribution in [-0.4, -0.2) is 37.0 Å². The summed E-state index contributed by atoms with van der Waals surface area (Å²) in [5.74, 6) is 0.561. The molecule has 1 aliphatic heterocycles. The number of rotatable bonds is 3. The summed E-state index contributed by atoms with van der Waals surface area (Å²) in [5, 5.41) is 3.13. The highest BCUT2D eigenvalue weighted by Gasteiger charge is 2.28. The first-order valence-electron chi connectivity index (χ1n) is 4.61. The second kappa shape index (κ2) is 3.90. The van der Waals surface area contributed by atoms with Gasteiger partial charge in [-0.2, -0.15) is 0 Å². The van der Waals surface area contributed by atoms with Gasteiger partial charge in [0.15, 0.2) is 0 Å². The van der Waals surface area contributed by atoms with E-state index in [1.54, 1.807) is 0 Å². The molecule has 0 spiro atoms. The van der Waals surface area contributed by atoms with Crippen LogP contribution >= 0.6 is 0 Å². The van der Waals surface area contributed by atoms with Gasteiger partial charge in [-0.25, -0.2) is 0 Å². The molecule has 1 amide bonds. The fourth-order valence-corrected chi connectivity index (χ4v) is 1.50. The molecule has 3 heteroatoms. The molecule has 0 aromatic carbocycles. The summed E-state index contributed by atoms with van der Waals surface area (Å²) >= 11 is 0. The summed E-state index contributed by atoms with van der Waals surface area (Å²) < 4.78 is 0. The van der Waals surface area contributed by atoms with Gasteiger partial charge in [0.2, 0.25) is 5.91 Å². The SMILES string of the molecule is CNC(C)CN1CCC(C)C1=O. The lowest BCUT2D eigenvalue weighted by atomic mass is 10.1. The quantitative estimate of drug-likeness (QED) is 0.667. The molecule has 0 aliphatic carbocycles. The Morgan fingerprint density at radius 2 is 2.42 bits per heavy atom. The summed E-state index contributed by atoms with van der Waals surface area (Å²) in [5.41, 5.74) is 0. The highest BCUT2D eigenvalue weighted by molar-refractivity contribution is 5.80. The van der Waals surface area contributed by atoms with Crippen molar-refractivity contribution in [3.63, 3.8) is 0 Å². The molecule has 2 atom stereocenters. The predicted molar refractivity (Wildman–Crippen MR) is 48.9 cm³/mol. The van der Waals surface area contributed by atoms with Crippen molar-refractivity contribution in [1.82, 2.24) is 10.2 Å². The van der Waals surface area contributed by atoms with E-state index in [4.69, 9.17) is 0 Å². The number of carbonyl (C=O) groups excluding carboxylic acids is 1. The topological polar surface area (TPSA) is 32.3 Å². The van der Waals surface area contributed by atoms with Crippen LogP contribution in [0.1, 0.15) is 20.3 Å². The van der Waals surface area contributed by atoms with Crippen molar-refractivity contribution in [2.45, 2.75) is 26.3 Å². The van der Waals surface area contributed by atoms with Gasteiger partial charge in [0, 0.05) is 25.0 Å². The lowest BCUT2D eigenvalue weighted by Crippen LogP contribution is -2.38. The van der Waals surface area contributed by atoms with Crippen LogP contribution in [0.15, 0.2) is 0 Å². The summed E-state index contributed by atoms with van der Waals surface area (Å²) in [4.78, 5) is 13.4. The van der Waals surface area contributed by atoms with E-state index in [2.05, 4.69) is 12.2 Å². The Bertz CT molecular complexity index is 170. The number of nitrogens with zero attached hydrogens (tertiary/aromatic N) is 1. The smallest absolute Gasteiger partial charge is 0.225 e. The van der Waals surface area contributed by atoms with E-state index in [-0.39, 0.29) is 5.92 Å². The number of amides is 1. The molecule has 1 fully saturated rings. The second-order valence-corrected chi connectivity index (χ2v) is 3.66. The lowest BCUT2D eigenvalue weighted by molar-refractivity contribution is -0.130. The Labute approximate surface area is 74.1 Å². The number of likely N-dealkylation sites (tertiary alicyclic amines) is 1. The Balaban J connectivity index is 2.39. The van der Waals surface area contributed by atoms with Gasteiger partial charge in [-0.1, -0.05) is 6.92 Å². The van der Waals surface area contributed by atoms with E-state index >= 15 is 0 Å². The Morgan fingerprint density at radius 3 is 2.83 bits per heavy atom. The van der Waals surface area contributed by atoms with Crippen LogP contribution in [0.5, 0.6) is 0 Å². The van der Waals surface area contributed by atoms with Crippen molar-refractivity contribution in [1.29, 1.82) is 0 Å². The average Bonchev–Trinajstić information content (AvgIpc) is 2.36. The minimum Gasteiger partial charge on any atom is -0.341 e. The molecule has 0 aromatic rings. The van der Waals surface area contributed by atoms with Crippen LogP contribution in [0.25, 0.3) is 0 Å². The Hall–Kier alpha value is -0.570. The molecule has 3 nitrogen and oxygen atoms in total. The highest BCUT2D eigenvalue weighted by atomic mass is 16.2. The van der Waals surface area contributed by atoms with Crippen LogP contribution in [0.3, 0.4) is 0 Å². The standard InChI is InChI=1S/C9H18N2O/c1-7-4-5-11(9(7)12)6-8(2)10-3/h7-8,10H,4-6H2,1-3H3. The minimum atomic E-state index is 0.244. The first-order chi connectivity index (χ1) is 5.65. The maximum atomic E-state index is 11.5. The molecule has 2 unspecified atom stereocenters. The van der Waals surface area contributed by atoms with Crippen LogP contribution in [0, 0.1) is 5.92 Å². The summed E-state index contributed by atoms with van der Waals surface area (Å²) in [6, 6.07) is 0.402. The molecule has 70 valence electrons. The van der Waals surface area contributed by atoms with Crippen LogP contribution in [0.4, 0.5) is 0 Å². The largest absolute Gasteiger partial charge is 0.341 e. The number of hydrogen-bond acceptors (Lipinski definition) is 2. The molecule has 0 saturated carbocycles. The van der Waals surface area contributed by atoms with Crippen LogP contribution in [-0.2, 0) is 4.79 Å². The zero-order valence-electron chi connectivity index (χ0n) is 8.13. The normalized spacial score (nSPS) is 26.4. The third-order valence-corrected chi connectivity index (χ3v) is 2.55. The van der Waals surface area contributed by atoms with E-state index in [0.717, 1.165) is 19.5 Å². The molecular formula is C9H18N2O. The molecular weight excluding hydrogens is 152 g/mol. The first-order valence-corrected chi connectivity index (χ1v) is 4.61. The van der Waals surface area contributed by atoms with Crippen molar-refractivity contribution < 1.29 is 4.79 Å². The van der Waals surface area contributed by atoms with Crippen molar-refractivity contribution in [2.24, 2.45) is 5.92 Å². The summed E-state index contributed by atoms with van der Waals surface area (Å²) in [6.07, 6.45) is 1.02. The van der Waals surface area contributed by atoms with Gasteiger partial charge in [0.1, 0.15) is 0 Å². The van der Waals surface area contributed by atoms with Gasteiger partial charge in [0.05, 0.1) is 0 Å². The monoisotopic (exact) mass is 170 g/mol. The number of carbonyl (C=O) groups is 1. The zero-order valence-corrected chi connectivity index (χ0v) is 8.13. The van der Waals surface area contributed by atoms with Gasteiger partial charge >= 0.3 is 0 Å². The van der Waals surface area contributed by atoms with Crippen molar-refractivity contribution in [3.8, 4) is 0 Å². The van der Waals surface area contributed by atoms with Gasteiger partial charge < -0.3 is 10.2 Å². The molecule has 1 aliphatic rings. The second-order valence-electron chi connectivity index (χ2n) is 3.66. The van der Waals surface area contributed by atoms with Gasteiger partial charge in [0.25, 0.3) is 0 Å². The number of likely N-dealkylation sites (N-methyl/N-ethyl adjacent to an activating group) is 1. The van der Waals surface area contributed by atoms with Crippen LogP contribution in [0.2, 0.25) is 0 Å². The molecule has 1 N–H and O–H groups in total. The van der Waals surface area contributed by atoms with Crippen LogP contribution < -0.4 is 5.32 Å². The first kappa shape index (κ1) is 9.52. The van der Waals surface area contributed by atoms with Gasteiger partial charge in [-0.05, 0) is 20.4 Å². The van der Waals surface area contributed by atoms with Crippen molar-refractivity contribution >= 4 is 5.91 Å². The van der Waals surface area contributed by atoms with E-state index in [9.17, 15) is 4.79 Å². The molecule has 0 bridgehead atoms. The molecule has 0 aromatic heterocycles. The third kappa shape index (κ3) is 1.97. The molecule has 1 saturated heterocycles. The Kier molecular flexibility index (Phi) is 3.09. The third-order valence-electron chi connectivity index (χ3n) is 2.55. The maximum Gasteiger partial charge on any atom is 0.225 e. The number of nitrogens with one attached hydrogen (secondary N) is 1. The van der Waals surface area contributed by atoms with E-state index in [1.165, 1.54) is 0 Å². The van der Waals surface area contributed by atoms with Gasteiger partial charge in [-0.3, -0.25) is 4.79 Å². The Morgan fingerprint density at radius 1 is 1.75 bits per heavy atom. The fraction of sp³-hybridized carbons (Fsp3) is 0.889. The lowest BCUT2D eigenvalue weighted by Gasteiger charge is -2.20. The molecule has 12 heavy (non-hydrogen) atoms. The summed E-state index contributed by atoms with van der Waals surface area (Å²) in [7, 11) is 1.93. The van der Waals surface area contributed by atoms with E-state index in [0.29, 0.717) is 11.9 Å². The highest BCUT2D eigenvalue weighted by Crippen LogP contribution is 2.16. The molecule has 0 radical (unpaired) electrons. The van der Waals surface area contributed by atoms with Crippen molar-refractivity contribution in [3.05, 3.63) is 0 Å². The van der Waals surface area contributed by atoms with E-state index < -0.39 is 0 Å². The minimum absolute atomic E-state index is 0.244.